The van der Waals surface area contributed by atoms with Gasteiger partial charge in [-0.3, -0.25) is 4.79 Å². The van der Waals surface area contributed by atoms with Gasteiger partial charge in [0.2, 0.25) is 15.9 Å². The van der Waals surface area contributed by atoms with Crippen molar-refractivity contribution in [2.45, 2.75) is 38.6 Å². The molecule has 5 nitrogen and oxygen atoms in total. The molecule has 0 bridgehead atoms. The molecule has 0 saturated heterocycles. The van der Waals surface area contributed by atoms with Gasteiger partial charge in [0, 0.05) is 24.2 Å². The van der Waals surface area contributed by atoms with Crippen LogP contribution in [0.2, 0.25) is 0 Å². The van der Waals surface area contributed by atoms with Crippen LogP contribution in [0.5, 0.6) is 0 Å². The summed E-state index contributed by atoms with van der Waals surface area (Å²) in [5, 5.41) is 2.91. The quantitative estimate of drug-likeness (QED) is 0.898. The summed E-state index contributed by atoms with van der Waals surface area (Å²) in [6.45, 7) is 6.34. The molecule has 0 fully saturated rings. The normalized spacial score (nSPS) is 15.3. The van der Waals surface area contributed by atoms with E-state index in [1.165, 1.54) is 4.31 Å². The fourth-order valence-corrected chi connectivity index (χ4v) is 4.31. The van der Waals surface area contributed by atoms with Crippen LogP contribution in [0.4, 0.5) is 5.69 Å². The average Bonchev–Trinajstić information content (AvgIpc) is 2.61. The van der Waals surface area contributed by atoms with Gasteiger partial charge in [-0.1, -0.05) is 45.0 Å². The summed E-state index contributed by atoms with van der Waals surface area (Å²) in [5.41, 5.74) is 2.27. The number of amides is 1. The first-order valence-corrected chi connectivity index (χ1v) is 10.1. The number of carbonyl (C=O) groups is 1. The molecule has 1 aliphatic rings. The molecule has 1 heterocycles. The fraction of sp³-hybridized carbons (Fsp3) is 0.350. The number of carbonyl (C=O) groups excluding carboxylic acids is 1. The van der Waals surface area contributed by atoms with E-state index in [-0.39, 0.29) is 5.91 Å². The Morgan fingerprint density at radius 3 is 2.38 bits per heavy atom. The Hall–Kier alpha value is -2.18. The molecule has 0 saturated carbocycles. The van der Waals surface area contributed by atoms with Gasteiger partial charge in [0.25, 0.3) is 0 Å². The third kappa shape index (κ3) is 3.81. The number of hydrogen-bond acceptors (Lipinski definition) is 3. The molecule has 0 unspecified atom stereocenters. The van der Waals surface area contributed by atoms with Gasteiger partial charge in [0.15, 0.2) is 0 Å². The van der Waals surface area contributed by atoms with Crippen LogP contribution in [-0.4, -0.2) is 25.2 Å². The monoisotopic (exact) mass is 372 g/mol. The van der Waals surface area contributed by atoms with Crippen molar-refractivity contribution in [3.8, 4) is 0 Å². The van der Waals surface area contributed by atoms with E-state index in [4.69, 9.17) is 0 Å². The summed E-state index contributed by atoms with van der Waals surface area (Å²) in [5.74, 6) is -0.0676. The van der Waals surface area contributed by atoms with Crippen molar-refractivity contribution >= 4 is 21.6 Å². The fourth-order valence-electron chi connectivity index (χ4n) is 2.87. The minimum absolute atomic E-state index is 0.0676. The molecule has 138 valence electrons. The second kappa shape index (κ2) is 6.85. The van der Waals surface area contributed by atoms with Gasteiger partial charge in [0.1, 0.15) is 0 Å². The summed E-state index contributed by atoms with van der Waals surface area (Å²) in [7, 11) is -3.52. The van der Waals surface area contributed by atoms with Gasteiger partial charge in [-0.15, -0.1) is 0 Å². The summed E-state index contributed by atoms with van der Waals surface area (Å²) >= 11 is 0. The molecule has 26 heavy (non-hydrogen) atoms. The molecule has 6 heteroatoms. The Labute approximate surface area is 155 Å². The van der Waals surface area contributed by atoms with E-state index in [9.17, 15) is 13.2 Å². The van der Waals surface area contributed by atoms with E-state index in [0.29, 0.717) is 30.1 Å². The van der Waals surface area contributed by atoms with E-state index >= 15 is 0 Å². The number of nitrogens with zero attached hydrogens (tertiary/aromatic N) is 1. The summed E-state index contributed by atoms with van der Waals surface area (Å²) in [4.78, 5) is 12.5. The Morgan fingerprint density at radius 1 is 1.04 bits per heavy atom. The lowest BCUT2D eigenvalue weighted by Crippen LogP contribution is -2.36. The molecule has 0 spiro atoms. The number of hydrogen-bond donors (Lipinski definition) is 1. The van der Waals surface area contributed by atoms with Crippen molar-refractivity contribution in [2.24, 2.45) is 5.41 Å². The van der Waals surface area contributed by atoms with Crippen molar-refractivity contribution in [1.29, 1.82) is 0 Å². The second-order valence-corrected chi connectivity index (χ2v) is 9.53. The van der Waals surface area contributed by atoms with E-state index < -0.39 is 15.4 Å². The van der Waals surface area contributed by atoms with E-state index in [1.54, 1.807) is 30.3 Å². The standard InChI is InChI=1S/C20H24N2O3S/c1-20(2,3)19(23)21-17-10-9-15-11-12-22(14-16(15)13-17)26(24,25)18-7-5-4-6-8-18/h4-10,13H,11-12,14H2,1-3H3,(H,21,23). The molecule has 0 radical (unpaired) electrons. The largest absolute Gasteiger partial charge is 0.326 e. The van der Waals surface area contributed by atoms with Gasteiger partial charge in [-0.2, -0.15) is 4.31 Å². The van der Waals surface area contributed by atoms with Gasteiger partial charge in [-0.05, 0) is 41.8 Å². The molecule has 2 aromatic carbocycles. The Balaban J connectivity index is 1.84. The van der Waals surface area contributed by atoms with Crippen LogP contribution in [0.1, 0.15) is 31.9 Å². The van der Waals surface area contributed by atoms with Gasteiger partial charge in [-0.25, -0.2) is 8.42 Å². The highest BCUT2D eigenvalue weighted by molar-refractivity contribution is 7.89. The van der Waals surface area contributed by atoms with Crippen LogP contribution in [0.3, 0.4) is 0 Å². The third-order valence-electron chi connectivity index (χ3n) is 4.50. The first-order valence-electron chi connectivity index (χ1n) is 8.66. The Bertz CT molecular complexity index is 916. The molecule has 0 aromatic heterocycles. The zero-order valence-electron chi connectivity index (χ0n) is 15.3. The molecule has 0 aliphatic carbocycles. The number of rotatable bonds is 3. The first kappa shape index (κ1) is 18.6. The second-order valence-electron chi connectivity index (χ2n) is 7.59. The molecular formula is C20H24N2O3S. The number of sulfonamides is 1. The lowest BCUT2D eigenvalue weighted by Gasteiger charge is -2.28. The highest BCUT2D eigenvalue weighted by Crippen LogP contribution is 2.27. The maximum absolute atomic E-state index is 12.8. The smallest absolute Gasteiger partial charge is 0.243 e. The van der Waals surface area contributed by atoms with Gasteiger partial charge >= 0.3 is 0 Å². The maximum atomic E-state index is 12.8. The number of anilines is 1. The minimum Gasteiger partial charge on any atom is -0.326 e. The van der Waals surface area contributed by atoms with Crippen LogP contribution in [0.15, 0.2) is 53.4 Å². The Morgan fingerprint density at radius 2 is 1.73 bits per heavy atom. The molecule has 0 atom stereocenters. The van der Waals surface area contributed by atoms with E-state index in [0.717, 1.165) is 11.1 Å². The Kier molecular flexibility index (Phi) is 4.90. The molecule has 3 rings (SSSR count). The van der Waals surface area contributed by atoms with E-state index in [1.807, 2.05) is 39.0 Å². The number of nitrogens with one attached hydrogen (secondary N) is 1. The predicted octanol–water partition coefficient (Wildman–Crippen LogP) is 3.42. The lowest BCUT2D eigenvalue weighted by molar-refractivity contribution is -0.123. The number of benzene rings is 2. The maximum Gasteiger partial charge on any atom is 0.243 e. The van der Waals surface area contributed by atoms with E-state index in [2.05, 4.69) is 5.32 Å². The van der Waals surface area contributed by atoms with Crippen LogP contribution >= 0.6 is 0 Å². The topological polar surface area (TPSA) is 66.5 Å². The zero-order valence-corrected chi connectivity index (χ0v) is 16.1. The van der Waals surface area contributed by atoms with Crippen LogP contribution in [0.25, 0.3) is 0 Å². The van der Waals surface area contributed by atoms with Crippen molar-refractivity contribution in [1.82, 2.24) is 4.31 Å². The molecule has 1 N–H and O–H groups in total. The molecule has 1 aliphatic heterocycles. The minimum atomic E-state index is -3.52. The summed E-state index contributed by atoms with van der Waals surface area (Å²) in [6, 6.07) is 14.2. The zero-order chi connectivity index (χ0) is 18.9. The average molecular weight is 372 g/mol. The summed E-state index contributed by atoms with van der Waals surface area (Å²) in [6.07, 6.45) is 0.662. The van der Waals surface area contributed by atoms with Crippen LogP contribution in [-0.2, 0) is 27.8 Å². The van der Waals surface area contributed by atoms with Crippen molar-refractivity contribution in [2.75, 3.05) is 11.9 Å². The van der Waals surface area contributed by atoms with Crippen molar-refractivity contribution < 1.29 is 13.2 Å². The van der Waals surface area contributed by atoms with Gasteiger partial charge in [0.05, 0.1) is 4.90 Å². The predicted molar refractivity (Wildman–Crippen MR) is 102 cm³/mol. The molecule has 2 aromatic rings. The van der Waals surface area contributed by atoms with Gasteiger partial charge < -0.3 is 5.32 Å². The summed E-state index contributed by atoms with van der Waals surface area (Å²) < 4.78 is 27.2. The van der Waals surface area contributed by atoms with Crippen molar-refractivity contribution in [3.63, 3.8) is 0 Å². The van der Waals surface area contributed by atoms with Crippen LogP contribution < -0.4 is 5.32 Å². The molecular weight excluding hydrogens is 348 g/mol. The van der Waals surface area contributed by atoms with Crippen molar-refractivity contribution in [3.05, 3.63) is 59.7 Å². The first-order chi connectivity index (χ1) is 12.2. The molecule has 1 amide bonds. The lowest BCUT2D eigenvalue weighted by atomic mass is 9.95. The highest BCUT2D eigenvalue weighted by atomic mass is 32.2. The van der Waals surface area contributed by atoms with Crippen LogP contribution in [0, 0.1) is 5.41 Å². The number of fused-ring (bicyclic) bond motifs is 1. The third-order valence-corrected chi connectivity index (χ3v) is 6.36. The highest BCUT2D eigenvalue weighted by Gasteiger charge is 2.28. The SMILES string of the molecule is CC(C)(C)C(=O)Nc1ccc2c(c1)CN(S(=O)(=O)c1ccccc1)CC2.